The number of nitrogens with zero attached hydrogens (tertiary/aromatic N) is 1. The first-order valence-electron chi connectivity index (χ1n) is 4.73. The molecule has 0 spiro atoms. The Balaban J connectivity index is 2.40. The summed E-state index contributed by atoms with van der Waals surface area (Å²) in [7, 11) is 0. The predicted octanol–water partition coefficient (Wildman–Crippen LogP) is 3.47. The minimum atomic E-state index is -0.0921. The Morgan fingerprint density at radius 1 is 1.00 bits per heavy atom. The minimum Gasteiger partial charge on any atom is -0.506 e. The van der Waals surface area contributed by atoms with Gasteiger partial charge in [0.2, 0.25) is 0 Å². The van der Waals surface area contributed by atoms with Crippen LogP contribution in [0.3, 0.4) is 0 Å². The first kappa shape index (κ1) is 11.9. The molecule has 0 radical (unpaired) electrons. The average molecular weight is 268 g/mol. The molecule has 0 fully saturated rings. The van der Waals surface area contributed by atoms with Crippen molar-refractivity contribution in [3.05, 3.63) is 46.5 Å². The number of benzene rings is 1. The molecule has 0 bridgehead atoms. The lowest BCUT2D eigenvalue weighted by Crippen LogP contribution is -1.98. The van der Waals surface area contributed by atoms with Gasteiger partial charge in [0.1, 0.15) is 5.75 Å². The summed E-state index contributed by atoms with van der Waals surface area (Å²) in [6.07, 6.45) is 5.99. The number of allylic oxidation sites excluding steroid dienone is 4. The van der Waals surface area contributed by atoms with E-state index in [-0.39, 0.29) is 21.6 Å². The number of carbonyl (C=O) groups excluding carboxylic acids is 1. The van der Waals surface area contributed by atoms with E-state index < -0.39 is 0 Å². The van der Waals surface area contributed by atoms with Gasteiger partial charge in [0, 0.05) is 6.07 Å². The summed E-state index contributed by atoms with van der Waals surface area (Å²) in [4.78, 5) is 15.1. The van der Waals surface area contributed by atoms with Crippen molar-refractivity contribution in [3.63, 3.8) is 0 Å². The number of halogens is 2. The highest BCUT2D eigenvalue weighted by Crippen LogP contribution is 2.35. The Labute approximate surface area is 108 Å². The number of aliphatic imine (C=N–C) groups is 1. The summed E-state index contributed by atoms with van der Waals surface area (Å²) in [5, 5.41) is 9.79. The van der Waals surface area contributed by atoms with Crippen LogP contribution >= 0.6 is 23.2 Å². The topological polar surface area (TPSA) is 49.7 Å². The summed E-state index contributed by atoms with van der Waals surface area (Å²) < 4.78 is 0. The van der Waals surface area contributed by atoms with Crippen molar-refractivity contribution in [1.82, 2.24) is 0 Å². The zero-order chi connectivity index (χ0) is 12.4. The van der Waals surface area contributed by atoms with Crippen LogP contribution in [0.1, 0.15) is 0 Å². The number of hydrogen-bond acceptors (Lipinski definition) is 3. The number of rotatable bonds is 1. The van der Waals surface area contributed by atoms with Crippen LogP contribution in [0.4, 0.5) is 5.69 Å². The molecule has 0 amide bonds. The van der Waals surface area contributed by atoms with Crippen molar-refractivity contribution >= 4 is 40.4 Å². The predicted molar refractivity (Wildman–Crippen MR) is 68.5 cm³/mol. The summed E-state index contributed by atoms with van der Waals surface area (Å²) in [5.74, 6) is -0.177. The molecule has 1 aromatic carbocycles. The zero-order valence-electron chi connectivity index (χ0n) is 8.52. The van der Waals surface area contributed by atoms with Crippen molar-refractivity contribution in [2.24, 2.45) is 4.99 Å². The molecule has 2 rings (SSSR count). The van der Waals surface area contributed by atoms with Gasteiger partial charge >= 0.3 is 0 Å². The maximum Gasteiger partial charge on any atom is 0.178 e. The number of phenolic OH excluding ortho intramolecular Hbond substituents is 1. The molecule has 0 aromatic heterocycles. The van der Waals surface area contributed by atoms with Crippen LogP contribution in [0.15, 0.2) is 41.4 Å². The highest BCUT2D eigenvalue weighted by molar-refractivity contribution is 6.36. The molecule has 1 aliphatic carbocycles. The second kappa shape index (κ2) is 4.73. The molecular formula is C12H7Cl2NO2. The Morgan fingerprint density at radius 2 is 1.65 bits per heavy atom. The maximum absolute atomic E-state index is 10.9. The van der Waals surface area contributed by atoms with Gasteiger partial charge in [0.05, 0.1) is 21.4 Å². The van der Waals surface area contributed by atoms with E-state index in [2.05, 4.69) is 4.99 Å². The molecule has 0 saturated carbocycles. The molecule has 86 valence electrons. The quantitative estimate of drug-likeness (QED) is 0.793. The molecule has 3 nitrogen and oxygen atoms in total. The normalized spacial score (nSPS) is 14.2. The lowest BCUT2D eigenvalue weighted by Gasteiger charge is -2.04. The van der Waals surface area contributed by atoms with E-state index in [4.69, 9.17) is 23.2 Å². The monoisotopic (exact) mass is 267 g/mol. The fourth-order valence-electron chi connectivity index (χ4n) is 1.27. The third-order valence-electron chi connectivity index (χ3n) is 2.10. The van der Waals surface area contributed by atoms with Crippen LogP contribution in [0.5, 0.6) is 5.75 Å². The molecule has 0 aliphatic heterocycles. The van der Waals surface area contributed by atoms with E-state index in [1.807, 2.05) is 0 Å². The van der Waals surface area contributed by atoms with Gasteiger partial charge in [-0.15, -0.1) is 0 Å². The molecule has 0 saturated heterocycles. The number of phenols is 1. The number of aromatic hydroxyl groups is 1. The van der Waals surface area contributed by atoms with E-state index in [9.17, 15) is 9.90 Å². The molecular weight excluding hydrogens is 261 g/mol. The van der Waals surface area contributed by atoms with E-state index in [0.29, 0.717) is 11.4 Å². The average Bonchev–Trinajstić information content (AvgIpc) is 2.29. The molecule has 1 aromatic rings. The van der Waals surface area contributed by atoms with Crippen LogP contribution in [0, 0.1) is 0 Å². The summed E-state index contributed by atoms with van der Waals surface area (Å²) in [5.41, 5.74) is 1.03. The third kappa shape index (κ3) is 2.75. The lowest BCUT2D eigenvalue weighted by molar-refractivity contribution is -0.110. The fraction of sp³-hybridized carbons (Fsp3) is 0. The Hall–Kier alpha value is -1.58. The van der Waals surface area contributed by atoms with E-state index in [1.165, 1.54) is 24.3 Å². The molecule has 1 N–H and O–H groups in total. The molecule has 0 heterocycles. The van der Waals surface area contributed by atoms with Gasteiger partial charge < -0.3 is 5.11 Å². The third-order valence-corrected chi connectivity index (χ3v) is 2.71. The Bertz CT molecular complexity index is 556. The van der Waals surface area contributed by atoms with Crippen molar-refractivity contribution in [2.75, 3.05) is 0 Å². The smallest absolute Gasteiger partial charge is 0.178 e. The van der Waals surface area contributed by atoms with Crippen molar-refractivity contribution in [2.45, 2.75) is 0 Å². The molecule has 0 unspecified atom stereocenters. The van der Waals surface area contributed by atoms with Gasteiger partial charge in [0.15, 0.2) is 5.78 Å². The van der Waals surface area contributed by atoms with E-state index in [1.54, 1.807) is 12.2 Å². The summed E-state index contributed by atoms with van der Waals surface area (Å²) in [6.45, 7) is 0. The molecule has 17 heavy (non-hydrogen) atoms. The second-order valence-corrected chi connectivity index (χ2v) is 4.18. The van der Waals surface area contributed by atoms with Gasteiger partial charge in [0.25, 0.3) is 0 Å². The van der Waals surface area contributed by atoms with Crippen molar-refractivity contribution in [1.29, 1.82) is 0 Å². The summed E-state index contributed by atoms with van der Waals surface area (Å²) in [6, 6.07) is 2.79. The van der Waals surface area contributed by atoms with E-state index in [0.717, 1.165) is 0 Å². The summed E-state index contributed by atoms with van der Waals surface area (Å²) >= 11 is 11.7. The number of ketones is 1. The van der Waals surface area contributed by atoms with E-state index >= 15 is 0 Å². The van der Waals surface area contributed by atoms with Crippen LogP contribution in [0.2, 0.25) is 10.0 Å². The van der Waals surface area contributed by atoms with Crippen LogP contribution in [0.25, 0.3) is 0 Å². The van der Waals surface area contributed by atoms with Gasteiger partial charge in [-0.2, -0.15) is 0 Å². The van der Waals surface area contributed by atoms with Gasteiger partial charge in [-0.25, -0.2) is 4.99 Å². The minimum absolute atomic E-state index is 0.0845. The Kier molecular flexibility index (Phi) is 3.31. The first-order valence-corrected chi connectivity index (χ1v) is 5.48. The Morgan fingerprint density at radius 3 is 2.29 bits per heavy atom. The lowest BCUT2D eigenvalue weighted by atomic mass is 10.1. The highest BCUT2D eigenvalue weighted by atomic mass is 35.5. The van der Waals surface area contributed by atoms with Gasteiger partial charge in [-0.3, -0.25) is 4.79 Å². The molecule has 5 heteroatoms. The SMILES string of the molecule is O=C1C=CC(=Nc2cc(Cl)c(O)cc2Cl)C=C1. The maximum atomic E-state index is 10.9. The van der Waals surface area contributed by atoms with Crippen LogP contribution < -0.4 is 0 Å². The highest BCUT2D eigenvalue weighted by Gasteiger charge is 2.07. The molecule has 0 atom stereocenters. The second-order valence-electron chi connectivity index (χ2n) is 3.36. The number of hydrogen-bond donors (Lipinski definition) is 1. The molecule has 1 aliphatic rings. The largest absolute Gasteiger partial charge is 0.506 e. The van der Waals surface area contributed by atoms with Crippen LogP contribution in [-0.2, 0) is 4.79 Å². The van der Waals surface area contributed by atoms with Crippen LogP contribution in [-0.4, -0.2) is 16.6 Å². The number of carbonyl (C=O) groups is 1. The standard InChI is InChI=1S/C12H7Cl2NO2/c13-9-6-12(17)10(14)5-11(9)15-7-1-3-8(16)4-2-7/h1-6,17H. The van der Waals surface area contributed by atoms with Gasteiger partial charge in [-0.1, -0.05) is 23.2 Å². The van der Waals surface area contributed by atoms with Crippen molar-refractivity contribution < 1.29 is 9.90 Å². The first-order chi connectivity index (χ1) is 8.06. The van der Waals surface area contributed by atoms with Crippen molar-refractivity contribution in [3.8, 4) is 5.75 Å². The zero-order valence-corrected chi connectivity index (χ0v) is 10.0. The van der Waals surface area contributed by atoms with Gasteiger partial charge in [-0.05, 0) is 30.4 Å². The fourth-order valence-corrected chi connectivity index (χ4v) is 1.63.